The van der Waals surface area contributed by atoms with Gasteiger partial charge in [0.05, 0.1) is 6.61 Å². The number of nitrogens with zero attached hydrogens (tertiary/aromatic N) is 2. The van der Waals surface area contributed by atoms with Crippen molar-refractivity contribution in [2.45, 2.75) is 63.9 Å². The number of benzene rings is 1. The zero-order valence-corrected chi connectivity index (χ0v) is 18.1. The average Bonchev–Trinajstić information content (AvgIpc) is 3.53. The predicted octanol–water partition coefficient (Wildman–Crippen LogP) is 4.16. The number of thiazole rings is 1. The lowest BCUT2D eigenvalue weighted by Crippen LogP contribution is -2.42. The van der Waals surface area contributed by atoms with Gasteiger partial charge in [-0.25, -0.2) is 14.8 Å². The highest BCUT2D eigenvalue weighted by atomic mass is 32.1. The van der Waals surface area contributed by atoms with Crippen LogP contribution in [-0.4, -0.2) is 30.1 Å². The Balaban J connectivity index is 1.41. The Hall–Kier alpha value is -2.41. The van der Waals surface area contributed by atoms with Crippen LogP contribution in [0.3, 0.4) is 0 Å². The molecule has 1 unspecified atom stereocenters. The van der Waals surface area contributed by atoms with Gasteiger partial charge in [-0.05, 0) is 67.2 Å². The molecule has 5 rings (SSSR count). The van der Waals surface area contributed by atoms with E-state index < -0.39 is 11.6 Å². The maximum atomic E-state index is 13.0. The van der Waals surface area contributed by atoms with Crippen LogP contribution in [0.5, 0.6) is 0 Å². The van der Waals surface area contributed by atoms with Gasteiger partial charge in [-0.1, -0.05) is 19.4 Å². The second kappa shape index (κ2) is 8.02. The first-order valence-electron chi connectivity index (χ1n) is 11.0. The van der Waals surface area contributed by atoms with Crippen LogP contribution < -0.4 is 5.32 Å². The van der Waals surface area contributed by atoms with Gasteiger partial charge in [0.25, 0.3) is 11.6 Å². The number of aromatic nitrogens is 1. The van der Waals surface area contributed by atoms with Crippen LogP contribution in [0.15, 0.2) is 22.6 Å². The van der Waals surface area contributed by atoms with Gasteiger partial charge < -0.3 is 14.8 Å². The molecule has 1 aromatic carbocycles. The summed E-state index contributed by atoms with van der Waals surface area (Å²) in [5.41, 5.74) is 5.54. The van der Waals surface area contributed by atoms with E-state index in [2.05, 4.69) is 28.3 Å². The van der Waals surface area contributed by atoms with Crippen LogP contribution in [0.2, 0.25) is 0 Å². The topological polar surface area (TPSA) is 72.8 Å². The van der Waals surface area contributed by atoms with Gasteiger partial charge in [0.2, 0.25) is 0 Å². The Morgan fingerprint density at radius 3 is 2.67 bits per heavy atom. The number of carbonyl (C=O) groups excluding carboxylic acids is 1. The van der Waals surface area contributed by atoms with Crippen LogP contribution in [0, 0.1) is 0 Å². The summed E-state index contributed by atoms with van der Waals surface area (Å²) < 4.78 is 11.8. The quantitative estimate of drug-likeness (QED) is 0.556. The number of aryl methyl sites for hydroxylation is 2. The highest BCUT2D eigenvalue weighted by molar-refractivity contribution is 7.09. The molecule has 7 heteroatoms. The molecule has 30 heavy (non-hydrogen) atoms. The van der Waals surface area contributed by atoms with Crippen molar-refractivity contribution in [3.8, 4) is 0 Å². The van der Waals surface area contributed by atoms with E-state index in [0.717, 1.165) is 44.2 Å². The first kappa shape index (κ1) is 19.5. The number of rotatable bonds is 6. The van der Waals surface area contributed by atoms with E-state index in [1.165, 1.54) is 46.4 Å². The summed E-state index contributed by atoms with van der Waals surface area (Å²) in [6, 6.07) is 2.80. The Labute approximate surface area is 180 Å². The number of anilines is 1. The number of carbonyl (C=O) groups is 1. The zero-order chi connectivity index (χ0) is 20.6. The van der Waals surface area contributed by atoms with Gasteiger partial charge in [0.15, 0.2) is 5.01 Å². The fraction of sp³-hybridized carbons (Fsp3) is 0.522. The molecule has 0 radical (unpaired) electrons. The maximum absolute atomic E-state index is 13.0. The largest absolute Gasteiger partial charge is 0.462 e. The second-order valence-corrected chi connectivity index (χ2v) is 9.13. The summed E-state index contributed by atoms with van der Waals surface area (Å²) in [4.78, 5) is 22.0. The Morgan fingerprint density at radius 1 is 1.23 bits per heavy atom. The van der Waals surface area contributed by atoms with Crippen molar-refractivity contribution in [3.63, 3.8) is 0 Å². The van der Waals surface area contributed by atoms with E-state index >= 15 is 0 Å². The van der Waals surface area contributed by atoms with Crippen LogP contribution in [0.4, 0.5) is 5.69 Å². The number of fused-ring (bicyclic) bond motifs is 2. The smallest absolute Gasteiger partial charge is 0.359 e. The SMILES string of the molecule is CCCCOC(=O)C1(c2nccs2)CN=C(Nc2c3c(cc4c2CCC4)CCC3)O1. The van der Waals surface area contributed by atoms with Crippen LogP contribution in [0.25, 0.3) is 0 Å². The summed E-state index contributed by atoms with van der Waals surface area (Å²) in [6.07, 6.45) is 10.3. The molecular formula is C23H27N3O3S. The van der Waals surface area contributed by atoms with Crippen molar-refractivity contribution in [2.24, 2.45) is 4.99 Å². The highest BCUT2D eigenvalue weighted by Crippen LogP contribution is 2.40. The molecule has 2 aliphatic carbocycles. The molecule has 0 bridgehead atoms. The van der Waals surface area contributed by atoms with Gasteiger partial charge >= 0.3 is 5.97 Å². The molecule has 6 nitrogen and oxygen atoms in total. The predicted molar refractivity (Wildman–Crippen MR) is 117 cm³/mol. The fourth-order valence-electron chi connectivity index (χ4n) is 4.71. The third kappa shape index (κ3) is 3.29. The molecule has 0 saturated heterocycles. The number of hydrogen-bond acceptors (Lipinski definition) is 7. The van der Waals surface area contributed by atoms with Gasteiger partial charge in [-0.3, -0.25) is 0 Å². The molecule has 0 spiro atoms. The number of esters is 1. The molecule has 0 amide bonds. The van der Waals surface area contributed by atoms with Crippen molar-refractivity contribution >= 4 is 29.0 Å². The van der Waals surface area contributed by atoms with E-state index in [4.69, 9.17) is 9.47 Å². The van der Waals surface area contributed by atoms with E-state index in [0.29, 0.717) is 17.6 Å². The molecule has 3 aliphatic rings. The molecule has 1 aromatic heterocycles. The van der Waals surface area contributed by atoms with E-state index in [1.54, 1.807) is 6.20 Å². The summed E-state index contributed by atoms with van der Waals surface area (Å²) in [6.45, 7) is 2.64. The number of aliphatic imine (C=N–C) groups is 1. The Bertz CT molecular complexity index is 954. The lowest BCUT2D eigenvalue weighted by atomic mass is 9.99. The van der Waals surface area contributed by atoms with Crippen molar-refractivity contribution in [1.29, 1.82) is 0 Å². The second-order valence-electron chi connectivity index (χ2n) is 8.24. The lowest BCUT2D eigenvalue weighted by Gasteiger charge is -2.24. The molecular weight excluding hydrogens is 398 g/mol. The number of hydrogen-bond donors (Lipinski definition) is 1. The molecule has 158 valence electrons. The van der Waals surface area contributed by atoms with Crippen molar-refractivity contribution in [1.82, 2.24) is 4.98 Å². The molecule has 0 saturated carbocycles. The van der Waals surface area contributed by atoms with Gasteiger partial charge in [-0.2, -0.15) is 0 Å². The number of ether oxygens (including phenoxy) is 2. The molecule has 1 N–H and O–H groups in total. The monoisotopic (exact) mass is 425 g/mol. The Kier molecular flexibility index (Phi) is 5.23. The van der Waals surface area contributed by atoms with Crippen molar-refractivity contribution in [2.75, 3.05) is 18.5 Å². The first-order chi connectivity index (χ1) is 14.7. The van der Waals surface area contributed by atoms with Gasteiger partial charge in [0, 0.05) is 17.3 Å². The third-order valence-electron chi connectivity index (χ3n) is 6.26. The molecule has 1 atom stereocenters. The summed E-state index contributed by atoms with van der Waals surface area (Å²) in [5.74, 6) is -0.407. The van der Waals surface area contributed by atoms with E-state index in [9.17, 15) is 4.79 Å². The number of nitrogens with one attached hydrogen (secondary N) is 1. The number of amidine groups is 1. The average molecular weight is 426 g/mol. The summed E-state index contributed by atoms with van der Waals surface area (Å²) in [5, 5.41) is 5.92. The van der Waals surface area contributed by atoms with Crippen LogP contribution in [-0.2, 0) is 45.6 Å². The molecule has 1 aliphatic heterocycles. The Morgan fingerprint density at radius 2 is 2.00 bits per heavy atom. The highest BCUT2D eigenvalue weighted by Gasteiger charge is 2.51. The normalized spacial score (nSPS) is 21.7. The van der Waals surface area contributed by atoms with E-state index in [-0.39, 0.29) is 6.54 Å². The zero-order valence-electron chi connectivity index (χ0n) is 17.3. The van der Waals surface area contributed by atoms with Crippen LogP contribution >= 0.6 is 11.3 Å². The molecule has 2 heterocycles. The first-order valence-corrected chi connectivity index (χ1v) is 11.8. The summed E-state index contributed by atoms with van der Waals surface area (Å²) >= 11 is 1.40. The minimum atomic E-state index is -1.29. The minimum absolute atomic E-state index is 0.186. The van der Waals surface area contributed by atoms with Crippen molar-refractivity contribution < 1.29 is 14.3 Å². The number of unbranched alkanes of at least 4 members (excludes halogenated alkanes) is 1. The fourth-order valence-corrected chi connectivity index (χ4v) is 5.46. The van der Waals surface area contributed by atoms with Gasteiger partial charge in [-0.15, -0.1) is 11.3 Å². The molecule has 0 fully saturated rings. The van der Waals surface area contributed by atoms with Crippen molar-refractivity contribution in [3.05, 3.63) is 44.9 Å². The standard InChI is InChI=1S/C23H27N3O3S/c1-2-3-11-28-21(27)23(20-24-10-12-30-20)14-25-22(29-23)26-19-17-8-4-6-15(17)13-16-7-5-9-18(16)19/h10,12-13H,2-9,11,14H2,1H3,(H,25,26). The lowest BCUT2D eigenvalue weighted by molar-refractivity contribution is -0.162. The van der Waals surface area contributed by atoms with Gasteiger partial charge in [0.1, 0.15) is 6.54 Å². The maximum Gasteiger partial charge on any atom is 0.359 e. The summed E-state index contributed by atoms with van der Waals surface area (Å²) in [7, 11) is 0. The minimum Gasteiger partial charge on any atom is -0.462 e. The molecule has 2 aromatic rings. The van der Waals surface area contributed by atoms with Crippen LogP contribution in [0.1, 0.15) is 59.9 Å². The third-order valence-corrected chi connectivity index (χ3v) is 7.18. The van der Waals surface area contributed by atoms with E-state index in [1.807, 2.05) is 5.38 Å².